The van der Waals surface area contributed by atoms with Gasteiger partial charge in [0.25, 0.3) is 0 Å². The van der Waals surface area contributed by atoms with Crippen LogP contribution < -0.4 is 10.6 Å². The van der Waals surface area contributed by atoms with Crippen LogP contribution in [-0.2, 0) is 17.8 Å². The molecule has 1 aliphatic heterocycles. The number of aryl methyl sites for hydroxylation is 1. The molecule has 1 amide bonds. The number of hydrogen-bond donors (Lipinski definition) is 3. The number of carbonyl (C=O) groups is 1. The Bertz CT molecular complexity index is 539. The van der Waals surface area contributed by atoms with E-state index in [2.05, 4.69) is 36.5 Å². The van der Waals surface area contributed by atoms with E-state index in [1.807, 2.05) is 11.6 Å². The smallest absolute Gasteiger partial charge is 0.220 e. The van der Waals surface area contributed by atoms with Crippen molar-refractivity contribution >= 4 is 5.91 Å². The summed E-state index contributed by atoms with van der Waals surface area (Å²) in [6.45, 7) is 11.3. The van der Waals surface area contributed by atoms with E-state index >= 15 is 0 Å². The zero-order valence-corrected chi connectivity index (χ0v) is 14.7. The minimum atomic E-state index is -0.353. The van der Waals surface area contributed by atoms with Crippen LogP contribution in [0.25, 0.3) is 0 Å². The first kappa shape index (κ1) is 17.9. The minimum Gasteiger partial charge on any atom is -0.391 e. The van der Waals surface area contributed by atoms with Crippen molar-refractivity contribution in [1.29, 1.82) is 0 Å². The summed E-state index contributed by atoms with van der Waals surface area (Å²) >= 11 is 0. The number of β-amino-alcohol motifs (C(OH)–C–C–N with tert-alkyl or cyclic N) is 1. The van der Waals surface area contributed by atoms with E-state index in [1.165, 1.54) is 11.3 Å². The third-order valence-corrected chi connectivity index (χ3v) is 4.54. The minimum absolute atomic E-state index is 0.0412. The number of amides is 1. The van der Waals surface area contributed by atoms with Gasteiger partial charge in [0.15, 0.2) is 0 Å². The molecule has 2 heterocycles. The van der Waals surface area contributed by atoms with Crippen molar-refractivity contribution in [3.8, 4) is 0 Å². The van der Waals surface area contributed by atoms with Gasteiger partial charge in [-0.3, -0.25) is 9.48 Å². The predicted octanol–water partition coefficient (Wildman–Crippen LogP) is 0.785. The fourth-order valence-corrected chi connectivity index (χ4v) is 3.12. The van der Waals surface area contributed by atoms with E-state index < -0.39 is 0 Å². The molecule has 6 heteroatoms. The highest BCUT2D eigenvalue weighted by atomic mass is 16.3. The van der Waals surface area contributed by atoms with Gasteiger partial charge in [-0.25, -0.2) is 0 Å². The molecule has 6 nitrogen and oxygen atoms in total. The second-order valence-corrected chi connectivity index (χ2v) is 7.02. The summed E-state index contributed by atoms with van der Waals surface area (Å²) < 4.78 is 2.05. The molecule has 2 atom stereocenters. The monoisotopic (exact) mass is 322 g/mol. The lowest BCUT2D eigenvalue weighted by Gasteiger charge is -2.14. The van der Waals surface area contributed by atoms with Crippen LogP contribution in [0.4, 0.5) is 0 Å². The molecule has 1 saturated heterocycles. The Morgan fingerprint density at radius 1 is 1.43 bits per heavy atom. The predicted molar refractivity (Wildman–Crippen MR) is 90.2 cm³/mol. The Morgan fingerprint density at radius 3 is 2.78 bits per heavy atom. The van der Waals surface area contributed by atoms with Crippen molar-refractivity contribution in [1.82, 2.24) is 20.4 Å². The quantitative estimate of drug-likeness (QED) is 0.693. The van der Waals surface area contributed by atoms with E-state index in [4.69, 9.17) is 0 Å². The molecular formula is C17H30N4O2. The Balaban J connectivity index is 1.83. The lowest BCUT2D eigenvalue weighted by Crippen LogP contribution is -2.34. The van der Waals surface area contributed by atoms with E-state index in [0.29, 0.717) is 31.8 Å². The SMILES string of the molecule is Cc1nn(CC(C)C)c(C)c1CCC(=O)NCC1CNCC1O. The van der Waals surface area contributed by atoms with Gasteiger partial charge in [-0.05, 0) is 31.7 Å². The van der Waals surface area contributed by atoms with Crippen molar-refractivity contribution < 1.29 is 9.90 Å². The highest BCUT2D eigenvalue weighted by molar-refractivity contribution is 5.76. The third kappa shape index (κ3) is 4.78. The molecular weight excluding hydrogens is 292 g/mol. The third-order valence-electron chi connectivity index (χ3n) is 4.54. The van der Waals surface area contributed by atoms with Crippen LogP contribution in [0.1, 0.15) is 37.2 Å². The maximum absolute atomic E-state index is 12.0. The topological polar surface area (TPSA) is 79.2 Å². The van der Waals surface area contributed by atoms with Crippen LogP contribution in [0.5, 0.6) is 0 Å². The lowest BCUT2D eigenvalue weighted by atomic mass is 10.1. The van der Waals surface area contributed by atoms with Gasteiger partial charge in [0, 0.05) is 44.2 Å². The molecule has 130 valence electrons. The van der Waals surface area contributed by atoms with Crippen LogP contribution in [0, 0.1) is 25.7 Å². The fourth-order valence-electron chi connectivity index (χ4n) is 3.12. The number of hydrogen-bond acceptors (Lipinski definition) is 4. The van der Waals surface area contributed by atoms with Gasteiger partial charge in [0.2, 0.25) is 5.91 Å². The Labute approximate surface area is 138 Å². The molecule has 0 radical (unpaired) electrons. The molecule has 1 aromatic rings. The number of aliphatic hydroxyl groups is 1. The van der Waals surface area contributed by atoms with Crippen LogP contribution in [0.2, 0.25) is 0 Å². The van der Waals surface area contributed by atoms with Crippen molar-refractivity contribution in [3.05, 3.63) is 17.0 Å². The van der Waals surface area contributed by atoms with Gasteiger partial charge in [0.05, 0.1) is 11.8 Å². The van der Waals surface area contributed by atoms with Crippen molar-refractivity contribution in [2.75, 3.05) is 19.6 Å². The highest BCUT2D eigenvalue weighted by Crippen LogP contribution is 2.16. The number of rotatable bonds is 7. The molecule has 0 aromatic carbocycles. The van der Waals surface area contributed by atoms with Gasteiger partial charge in [-0.15, -0.1) is 0 Å². The van der Waals surface area contributed by atoms with Gasteiger partial charge in [-0.2, -0.15) is 5.10 Å². The molecule has 1 aromatic heterocycles. The zero-order valence-electron chi connectivity index (χ0n) is 14.7. The van der Waals surface area contributed by atoms with Crippen molar-refractivity contribution in [2.45, 2.75) is 53.2 Å². The normalized spacial score (nSPS) is 21.1. The Hall–Kier alpha value is -1.40. The lowest BCUT2D eigenvalue weighted by molar-refractivity contribution is -0.121. The Kier molecular flexibility index (Phi) is 6.18. The fraction of sp³-hybridized carbons (Fsp3) is 0.765. The molecule has 0 spiro atoms. The summed E-state index contributed by atoms with van der Waals surface area (Å²) in [5.41, 5.74) is 3.37. The first-order valence-corrected chi connectivity index (χ1v) is 8.56. The van der Waals surface area contributed by atoms with Crippen molar-refractivity contribution in [2.24, 2.45) is 11.8 Å². The largest absolute Gasteiger partial charge is 0.391 e. The van der Waals surface area contributed by atoms with Gasteiger partial charge >= 0.3 is 0 Å². The summed E-state index contributed by atoms with van der Waals surface area (Å²) in [4.78, 5) is 12.0. The second-order valence-electron chi connectivity index (χ2n) is 7.02. The number of aromatic nitrogens is 2. The highest BCUT2D eigenvalue weighted by Gasteiger charge is 2.25. The molecule has 0 saturated carbocycles. The summed E-state index contributed by atoms with van der Waals surface area (Å²) in [6, 6.07) is 0. The van der Waals surface area contributed by atoms with Gasteiger partial charge in [-0.1, -0.05) is 13.8 Å². The first-order valence-electron chi connectivity index (χ1n) is 8.56. The summed E-state index contributed by atoms with van der Waals surface area (Å²) in [7, 11) is 0. The summed E-state index contributed by atoms with van der Waals surface area (Å²) in [5, 5.41) is 20.4. The van der Waals surface area contributed by atoms with E-state index in [-0.39, 0.29) is 17.9 Å². The van der Waals surface area contributed by atoms with Gasteiger partial charge in [0.1, 0.15) is 0 Å². The molecule has 0 aliphatic carbocycles. The molecule has 1 fully saturated rings. The zero-order chi connectivity index (χ0) is 17.0. The maximum Gasteiger partial charge on any atom is 0.220 e. The maximum atomic E-state index is 12.0. The van der Waals surface area contributed by atoms with Crippen molar-refractivity contribution in [3.63, 3.8) is 0 Å². The first-order chi connectivity index (χ1) is 10.9. The molecule has 3 N–H and O–H groups in total. The average Bonchev–Trinajstić information content (AvgIpc) is 2.99. The average molecular weight is 322 g/mol. The number of carbonyl (C=O) groups excluding carboxylic acids is 1. The standard InChI is InChI=1S/C17H30N4O2/c1-11(2)10-21-13(4)15(12(3)20-21)5-6-17(23)19-8-14-7-18-9-16(14)22/h11,14,16,18,22H,5-10H2,1-4H3,(H,19,23). The summed E-state index contributed by atoms with van der Waals surface area (Å²) in [5.74, 6) is 0.714. The number of nitrogens with zero attached hydrogens (tertiary/aromatic N) is 2. The Morgan fingerprint density at radius 2 is 2.17 bits per heavy atom. The summed E-state index contributed by atoms with van der Waals surface area (Å²) in [6.07, 6.45) is 0.826. The molecule has 23 heavy (non-hydrogen) atoms. The van der Waals surface area contributed by atoms with E-state index in [0.717, 1.165) is 18.8 Å². The van der Waals surface area contributed by atoms with Crippen LogP contribution in [0.15, 0.2) is 0 Å². The van der Waals surface area contributed by atoms with Gasteiger partial charge < -0.3 is 15.7 Å². The van der Waals surface area contributed by atoms with Crippen LogP contribution in [-0.4, -0.2) is 46.5 Å². The van der Waals surface area contributed by atoms with E-state index in [9.17, 15) is 9.90 Å². The second kappa shape index (κ2) is 7.93. The van der Waals surface area contributed by atoms with Crippen LogP contribution in [0.3, 0.4) is 0 Å². The molecule has 2 unspecified atom stereocenters. The molecule has 1 aliphatic rings. The molecule has 2 rings (SSSR count). The molecule has 0 bridgehead atoms. The van der Waals surface area contributed by atoms with Crippen LogP contribution >= 0.6 is 0 Å². The number of nitrogens with one attached hydrogen (secondary N) is 2. The van der Waals surface area contributed by atoms with E-state index in [1.54, 1.807) is 0 Å². The number of aliphatic hydroxyl groups excluding tert-OH is 1.